The SMILES string of the molecule is COc1ccc(CNC(=O)c2nc(N)n[nH]2)cn1. The maximum Gasteiger partial charge on any atom is 0.288 e. The molecule has 0 radical (unpaired) electrons. The number of carbonyl (C=O) groups is 1. The quantitative estimate of drug-likeness (QED) is 0.684. The van der Waals surface area contributed by atoms with Crippen molar-refractivity contribution in [3.63, 3.8) is 0 Å². The van der Waals surface area contributed by atoms with Crippen LogP contribution in [0, 0.1) is 0 Å². The van der Waals surface area contributed by atoms with Crippen LogP contribution < -0.4 is 15.8 Å². The number of methoxy groups -OCH3 is 1. The minimum atomic E-state index is -0.380. The van der Waals surface area contributed by atoms with Crippen molar-refractivity contribution in [2.24, 2.45) is 0 Å². The van der Waals surface area contributed by atoms with Crippen molar-refractivity contribution in [3.8, 4) is 5.88 Å². The maximum absolute atomic E-state index is 11.6. The van der Waals surface area contributed by atoms with Gasteiger partial charge in [0.2, 0.25) is 17.7 Å². The molecule has 0 bridgehead atoms. The second-order valence-corrected chi connectivity index (χ2v) is 3.43. The molecular weight excluding hydrogens is 236 g/mol. The Balaban J connectivity index is 1.92. The maximum atomic E-state index is 11.6. The summed E-state index contributed by atoms with van der Waals surface area (Å²) in [5, 5.41) is 8.65. The Morgan fingerprint density at radius 2 is 2.39 bits per heavy atom. The van der Waals surface area contributed by atoms with E-state index in [1.807, 2.05) is 0 Å². The van der Waals surface area contributed by atoms with Gasteiger partial charge in [0.1, 0.15) is 0 Å². The van der Waals surface area contributed by atoms with Gasteiger partial charge in [0.25, 0.3) is 5.91 Å². The Morgan fingerprint density at radius 1 is 1.56 bits per heavy atom. The summed E-state index contributed by atoms with van der Waals surface area (Å²) >= 11 is 0. The lowest BCUT2D eigenvalue weighted by Gasteiger charge is -2.03. The van der Waals surface area contributed by atoms with E-state index in [1.54, 1.807) is 18.3 Å². The fourth-order valence-corrected chi connectivity index (χ4v) is 1.28. The Morgan fingerprint density at radius 3 is 2.94 bits per heavy atom. The minimum absolute atomic E-state index is 0.0336. The molecule has 0 unspecified atom stereocenters. The second-order valence-electron chi connectivity index (χ2n) is 3.43. The number of amides is 1. The minimum Gasteiger partial charge on any atom is -0.481 e. The van der Waals surface area contributed by atoms with Crippen molar-refractivity contribution in [1.29, 1.82) is 0 Å². The first kappa shape index (κ1) is 11.8. The van der Waals surface area contributed by atoms with Crippen LogP contribution in [0.2, 0.25) is 0 Å². The Hall–Kier alpha value is -2.64. The molecule has 4 N–H and O–H groups in total. The van der Waals surface area contributed by atoms with Crippen LogP contribution in [0.1, 0.15) is 16.2 Å². The fraction of sp³-hybridized carbons (Fsp3) is 0.200. The van der Waals surface area contributed by atoms with Crippen molar-refractivity contribution in [2.75, 3.05) is 12.8 Å². The number of carbonyl (C=O) groups excluding carboxylic acids is 1. The molecule has 2 aromatic heterocycles. The van der Waals surface area contributed by atoms with Crippen LogP contribution in [-0.4, -0.2) is 33.2 Å². The van der Waals surface area contributed by atoms with Gasteiger partial charge in [-0.05, 0) is 5.56 Å². The number of H-pyrrole nitrogens is 1. The molecule has 0 fully saturated rings. The number of hydrogen-bond donors (Lipinski definition) is 3. The fourth-order valence-electron chi connectivity index (χ4n) is 1.28. The van der Waals surface area contributed by atoms with Crippen molar-refractivity contribution in [3.05, 3.63) is 29.7 Å². The zero-order chi connectivity index (χ0) is 13.0. The molecule has 0 aliphatic heterocycles. The molecule has 1 amide bonds. The van der Waals surface area contributed by atoms with E-state index in [0.29, 0.717) is 12.4 Å². The van der Waals surface area contributed by atoms with E-state index < -0.39 is 0 Å². The van der Waals surface area contributed by atoms with Crippen LogP contribution in [-0.2, 0) is 6.54 Å². The number of nitrogens with two attached hydrogens (primary N) is 1. The summed E-state index contributed by atoms with van der Waals surface area (Å²) < 4.78 is 4.93. The number of nitrogens with one attached hydrogen (secondary N) is 2. The average Bonchev–Trinajstić information content (AvgIpc) is 2.83. The van der Waals surface area contributed by atoms with Gasteiger partial charge >= 0.3 is 0 Å². The summed E-state index contributed by atoms with van der Waals surface area (Å²) in [7, 11) is 1.54. The van der Waals surface area contributed by atoms with Crippen LogP contribution >= 0.6 is 0 Å². The molecule has 0 saturated carbocycles. The normalized spacial score (nSPS) is 10.1. The van der Waals surface area contributed by atoms with Gasteiger partial charge in [0.05, 0.1) is 7.11 Å². The van der Waals surface area contributed by atoms with Gasteiger partial charge in [-0.3, -0.25) is 9.89 Å². The van der Waals surface area contributed by atoms with Gasteiger partial charge in [-0.1, -0.05) is 6.07 Å². The van der Waals surface area contributed by atoms with Crippen LogP contribution in [0.5, 0.6) is 5.88 Å². The van der Waals surface area contributed by atoms with E-state index in [0.717, 1.165) is 5.56 Å². The number of nitrogen functional groups attached to an aromatic ring is 1. The summed E-state index contributed by atoms with van der Waals surface area (Å²) in [6, 6.07) is 3.52. The third-order valence-corrected chi connectivity index (χ3v) is 2.18. The number of rotatable bonds is 4. The Bertz CT molecular complexity index is 536. The predicted octanol–water partition coefficient (Wildman–Crippen LogP) is -0.280. The Labute approximate surface area is 103 Å². The number of nitrogens with zero attached hydrogens (tertiary/aromatic N) is 3. The lowest BCUT2D eigenvalue weighted by Crippen LogP contribution is -2.24. The van der Waals surface area contributed by atoms with Gasteiger partial charge in [-0.2, -0.15) is 4.98 Å². The van der Waals surface area contributed by atoms with E-state index in [-0.39, 0.29) is 17.7 Å². The summed E-state index contributed by atoms with van der Waals surface area (Å²) in [6.45, 7) is 0.330. The van der Waals surface area contributed by atoms with E-state index in [1.165, 1.54) is 7.11 Å². The van der Waals surface area contributed by atoms with Gasteiger partial charge in [-0.15, -0.1) is 5.10 Å². The molecule has 0 aromatic carbocycles. The molecule has 8 nitrogen and oxygen atoms in total. The first-order chi connectivity index (χ1) is 8.69. The molecule has 2 aromatic rings. The predicted molar refractivity (Wildman–Crippen MR) is 62.8 cm³/mol. The third-order valence-electron chi connectivity index (χ3n) is 2.18. The van der Waals surface area contributed by atoms with Gasteiger partial charge in [0, 0.05) is 18.8 Å². The first-order valence-electron chi connectivity index (χ1n) is 5.14. The zero-order valence-electron chi connectivity index (χ0n) is 9.67. The molecule has 94 valence electrons. The summed E-state index contributed by atoms with van der Waals surface area (Å²) in [5.74, 6) is 0.253. The van der Waals surface area contributed by atoms with E-state index in [2.05, 4.69) is 25.5 Å². The summed E-state index contributed by atoms with van der Waals surface area (Å²) in [4.78, 5) is 19.3. The summed E-state index contributed by atoms with van der Waals surface area (Å²) in [6.07, 6.45) is 1.62. The molecule has 0 aliphatic carbocycles. The Kier molecular flexibility index (Phi) is 3.37. The lowest BCUT2D eigenvalue weighted by molar-refractivity contribution is 0.0941. The number of aromatic nitrogens is 4. The molecule has 2 rings (SSSR count). The zero-order valence-corrected chi connectivity index (χ0v) is 9.67. The van der Waals surface area contributed by atoms with Crippen LogP contribution in [0.3, 0.4) is 0 Å². The van der Waals surface area contributed by atoms with E-state index in [4.69, 9.17) is 10.5 Å². The van der Waals surface area contributed by atoms with Crippen molar-refractivity contribution in [2.45, 2.75) is 6.54 Å². The molecule has 18 heavy (non-hydrogen) atoms. The second kappa shape index (κ2) is 5.13. The molecule has 0 aliphatic rings. The molecular formula is C10H12N6O2. The number of anilines is 1. The highest BCUT2D eigenvalue weighted by Gasteiger charge is 2.09. The summed E-state index contributed by atoms with van der Waals surface area (Å²) in [5.41, 5.74) is 6.14. The first-order valence-corrected chi connectivity index (χ1v) is 5.14. The van der Waals surface area contributed by atoms with Gasteiger partial charge in [-0.25, -0.2) is 4.98 Å². The van der Waals surface area contributed by atoms with Gasteiger partial charge in [0.15, 0.2) is 0 Å². The van der Waals surface area contributed by atoms with Crippen LogP contribution in [0.25, 0.3) is 0 Å². The molecule has 0 atom stereocenters. The standard InChI is InChI=1S/C10H12N6O2/c1-18-7-3-2-6(4-12-7)5-13-9(17)8-14-10(11)16-15-8/h2-4H,5H2,1H3,(H,13,17)(H3,11,14,15,16). The largest absolute Gasteiger partial charge is 0.481 e. The van der Waals surface area contributed by atoms with Gasteiger partial charge < -0.3 is 15.8 Å². The topological polar surface area (TPSA) is 119 Å². The number of hydrogen-bond acceptors (Lipinski definition) is 6. The molecule has 2 heterocycles. The van der Waals surface area contributed by atoms with Crippen LogP contribution in [0.4, 0.5) is 5.95 Å². The molecule has 0 spiro atoms. The van der Waals surface area contributed by atoms with E-state index in [9.17, 15) is 4.79 Å². The van der Waals surface area contributed by atoms with Crippen molar-refractivity contribution >= 4 is 11.9 Å². The number of pyridine rings is 1. The van der Waals surface area contributed by atoms with Crippen molar-refractivity contribution in [1.82, 2.24) is 25.5 Å². The lowest BCUT2D eigenvalue weighted by atomic mass is 10.3. The number of aromatic amines is 1. The molecule has 8 heteroatoms. The smallest absolute Gasteiger partial charge is 0.288 e. The molecule has 0 saturated heterocycles. The average molecular weight is 248 g/mol. The number of ether oxygens (including phenoxy) is 1. The monoisotopic (exact) mass is 248 g/mol. The third kappa shape index (κ3) is 2.73. The highest BCUT2D eigenvalue weighted by atomic mass is 16.5. The van der Waals surface area contributed by atoms with Crippen LogP contribution in [0.15, 0.2) is 18.3 Å². The highest BCUT2D eigenvalue weighted by molar-refractivity contribution is 5.90. The van der Waals surface area contributed by atoms with Crippen molar-refractivity contribution < 1.29 is 9.53 Å². The van der Waals surface area contributed by atoms with E-state index >= 15 is 0 Å². The highest BCUT2D eigenvalue weighted by Crippen LogP contribution is 2.06.